The highest BCUT2D eigenvalue weighted by Gasteiger charge is 2.34. The highest BCUT2D eigenvalue weighted by molar-refractivity contribution is 5.52. The van der Waals surface area contributed by atoms with E-state index in [0.717, 1.165) is 25.3 Å². The fraction of sp³-hybridized carbons (Fsp3) is 0.625. The molecule has 19 heavy (non-hydrogen) atoms. The molecule has 0 aliphatic carbocycles. The maximum Gasteiger partial charge on any atom is 0.119 e. The zero-order valence-electron chi connectivity index (χ0n) is 12.8. The second kappa shape index (κ2) is 5.04. The molecule has 1 aromatic rings. The van der Waals surface area contributed by atoms with E-state index in [1.165, 1.54) is 5.69 Å². The van der Waals surface area contributed by atoms with Crippen LogP contribution in [0.2, 0.25) is 0 Å². The lowest BCUT2D eigenvalue weighted by Crippen LogP contribution is -2.51. The molecule has 1 N–H and O–H groups in total. The second-order valence-corrected chi connectivity index (χ2v) is 6.66. The first-order chi connectivity index (χ1) is 8.84. The molecular weight excluding hydrogens is 236 g/mol. The molecule has 1 aliphatic rings. The number of methoxy groups -OCH3 is 1. The van der Waals surface area contributed by atoms with E-state index in [4.69, 9.17) is 4.74 Å². The molecule has 1 aliphatic heterocycles. The average Bonchev–Trinajstić information content (AvgIpc) is 2.45. The number of nitrogens with one attached hydrogen (secondary N) is 1. The molecule has 106 valence electrons. The van der Waals surface area contributed by atoms with Crippen LogP contribution in [0.3, 0.4) is 0 Å². The van der Waals surface area contributed by atoms with Gasteiger partial charge in [-0.3, -0.25) is 0 Å². The summed E-state index contributed by atoms with van der Waals surface area (Å²) in [5.41, 5.74) is 1.56. The van der Waals surface area contributed by atoms with Gasteiger partial charge in [-0.05, 0) is 64.9 Å². The van der Waals surface area contributed by atoms with E-state index < -0.39 is 0 Å². The first-order valence-electron chi connectivity index (χ1n) is 7.01. The first-order valence-corrected chi connectivity index (χ1v) is 7.01. The van der Waals surface area contributed by atoms with Gasteiger partial charge in [0.1, 0.15) is 5.75 Å². The lowest BCUT2D eigenvalue weighted by Gasteiger charge is -2.41. The van der Waals surface area contributed by atoms with Crippen molar-refractivity contribution >= 4 is 5.69 Å². The summed E-state index contributed by atoms with van der Waals surface area (Å²) in [4.78, 5) is 2.51. The first kappa shape index (κ1) is 14.2. The Labute approximate surface area is 116 Å². The molecule has 0 saturated carbocycles. The zero-order chi connectivity index (χ0) is 14.1. The smallest absolute Gasteiger partial charge is 0.119 e. The van der Waals surface area contributed by atoms with Crippen molar-refractivity contribution in [3.05, 3.63) is 24.3 Å². The Balaban J connectivity index is 2.31. The predicted octanol–water partition coefficient (Wildman–Crippen LogP) is 3.05. The Bertz CT molecular complexity index is 423. The molecule has 3 heteroatoms. The van der Waals surface area contributed by atoms with Crippen molar-refractivity contribution in [1.29, 1.82) is 0 Å². The number of anilines is 1. The van der Waals surface area contributed by atoms with Gasteiger partial charge >= 0.3 is 0 Å². The van der Waals surface area contributed by atoms with Crippen LogP contribution < -0.4 is 15.0 Å². The Hall–Kier alpha value is -1.22. The van der Waals surface area contributed by atoms with Crippen LogP contribution in [-0.2, 0) is 0 Å². The minimum Gasteiger partial charge on any atom is -0.497 e. The Morgan fingerprint density at radius 3 is 2.32 bits per heavy atom. The van der Waals surface area contributed by atoms with E-state index in [1.807, 2.05) is 12.1 Å². The maximum atomic E-state index is 5.24. The van der Waals surface area contributed by atoms with Crippen LogP contribution in [-0.4, -0.2) is 31.3 Å². The Kier molecular flexibility index (Phi) is 3.77. The molecule has 1 saturated heterocycles. The van der Waals surface area contributed by atoms with Gasteiger partial charge in [0.15, 0.2) is 0 Å². The van der Waals surface area contributed by atoms with Crippen LogP contribution in [0, 0.1) is 0 Å². The second-order valence-electron chi connectivity index (χ2n) is 6.66. The molecule has 0 unspecified atom stereocenters. The third kappa shape index (κ3) is 3.21. The minimum atomic E-state index is 0.133. The number of hydrogen-bond donors (Lipinski definition) is 1. The van der Waals surface area contributed by atoms with E-state index in [9.17, 15) is 0 Å². The molecule has 0 spiro atoms. The molecular formula is C16H26N2O. The minimum absolute atomic E-state index is 0.133. The van der Waals surface area contributed by atoms with Crippen LogP contribution in [0.15, 0.2) is 24.3 Å². The summed E-state index contributed by atoms with van der Waals surface area (Å²) < 4.78 is 5.24. The van der Waals surface area contributed by atoms with Gasteiger partial charge in [-0.1, -0.05) is 0 Å². The summed E-state index contributed by atoms with van der Waals surface area (Å²) in [6, 6.07) is 8.39. The van der Waals surface area contributed by atoms with Gasteiger partial charge in [-0.25, -0.2) is 0 Å². The number of ether oxygens (including phenoxy) is 1. The number of benzene rings is 1. The SMILES string of the molecule is COc1ccc(N2CC(C)(C)NCCC2(C)C)cc1. The normalized spacial score (nSPS) is 21.8. The molecule has 1 aromatic carbocycles. The molecule has 3 nitrogen and oxygen atoms in total. The van der Waals surface area contributed by atoms with Crippen molar-refractivity contribution in [1.82, 2.24) is 5.32 Å². The van der Waals surface area contributed by atoms with Crippen LogP contribution in [0.4, 0.5) is 5.69 Å². The van der Waals surface area contributed by atoms with Crippen molar-refractivity contribution in [3.63, 3.8) is 0 Å². The quantitative estimate of drug-likeness (QED) is 0.886. The molecule has 0 amide bonds. The van der Waals surface area contributed by atoms with E-state index >= 15 is 0 Å². The van der Waals surface area contributed by atoms with Crippen LogP contribution >= 0.6 is 0 Å². The van der Waals surface area contributed by atoms with Crippen molar-refractivity contribution in [2.45, 2.75) is 45.2 Å². The maximum absolute atomic E-state index is 5.24. The summed E-state index contributed by atoms with van der Waals surface area (Å²) in [6.07, 6.45) is 1.14. The number of hydrogen-bond acceptors (Lipinski definition) is 3. The Morgan fingerprint density at radius 2 is 1.74 bits per heavy atom. The van der Waals surface area contributed by atoms with Crippen molar-refractivity contribution in [2.75, 3.05) is 25.1 Å². The predicted molar refractivity (Wildman–Crippen MR) is 81.1 cm³/mol. The molecule has 1 heterocycles. The Morgan fingerprint density at radius 1 is 1.11 bits per heavy atom. The van der Waals surface area contributed by atoms with Gasteiger partial charge in [0, 0.05) is 23.3 Å². The van der Waals surface area contributed by atoms with Crippen molar-refractivity contribution < 1.29 is 4.74 Å². The molecule has 1 fully saturated rings. The van der Waals surface area contributed by atoms with Gasteiger partial charge in [-0.2, -0.15) is 0 Å². The highest BCUT2D eigenvalue weighted by Crippen LogP contribution is 2.31. The third-order valence-corrected chi connectivity index (χ3v) is 4.01. The van der Waals surface area contributed by atoms with E-state index in [2.05, 4.69) is 50.0 Å². The highest BCUT2D eigenvalue weighted by atomic mass is 16.5. The summed E-state index contributed by atoms with van der Waals surface area (Å²) in [7, 11) is 1.71. The van der Waals surface area contributed by atoms with Gasteiger partial charge in [-0.15, -0.1) is 0 Å². The number of nitrogens with zero attached hydrogens (tertiary/aromatic N) is 1. The fourth-order valence-electron chi connectivity index (χ4n) is 2.71. The molecule has 0 bridgehead atoms. The largest absolute Gasteiger partial charge is 0.497 e. The number of rotatable bonds is 2. The third-order valence-electron chi connectivity index (χ3n) is 4.01. The van der Waals surface area contributed by atoms with Gasteiger partial charge < -0.3 is 15.0 Å². The van der Waals surface area contributed by atoms with E-state index in [1.54, 1.807) is 7.11 Å². The summed E-state index contributed by atoms with van der Waals surface area (Å²) >= 11 is 0. The zero-order valence-corrected chi connectivity index (χ0v) is 12.8. The molecule has 0 aromatic heterocycles. The van der Waals surface area contributed by atoms with Crippen LogP contribution in [0.25, 0.3) is 0 Å². The van der Waals surface area contributed by atoms with E-state index in [0.29, 0.717) is 0 Å². The molecule has 0 atom stereocenters. The lowest BCUT2D eigenvalue weighted by molar-refractivity contribution is 0.407. The fourth-order valence-corrected chi connectivity index (χ4v) is 2.71. The van der Waals surface area contributed by atoms with Gasteiger partial charge in [0.25, 0.3) is 0 Å². The molecule has 0 radical (unpaired) electrons. The van der Waals surface area contributed by atoms with Gasteiger partial charge in [0.2, 0.25) is 0 Å². The van der Waals surface area contributed by atoms with Crippen LogP contribution in [0.5, 0.6) is 5.75 Å². The lowest BCUT2D eigenvalue weighted by atomic mass is 9.96. The van der Waals surface area contributed by atoms with Crippen LogP contribution in [0.1, 0.15) is 34.1 Å². The summed E-state index contributed by atoms with van der Waals surface area (Å²) in [6.45, 7) is 11.2. The van der Waals surface area contributed by atoms with Crippen molar-refractivity contribution in [3.8, 4) is 5.75 Å². The summed E-state index contributed by atoms with van der Waals surface area (Å²) in [5.74, 6) is 0.911. The average molecular weight is 262 g/mol. The van der Waals surface area contributed by atoms with E-state index in [-0.39, 0.29) is 11.1 Å². The van der Waals surface area contributed by atoms with Crippen molar-refractivity contribution in [2.24, 2.45) is 0 Å². The molecule has 2 rings (SSSR count). The standard InChI is InChI=1S/C16H26N2O/c1-15(2)12-18(16(3,4)10-11-17-15)13-6-8-14(19-5)9-7-13/h6-9,17H,10-12H2,1-5H3. The monoisotopic (exact) mass is 262 g/mol. The summed E-state index contributed by atoms with van der Waals surface area (Å²) in [5, 5.41) is 3.63. The van der Waals surface area contributed by atoms with Gasteiger partial charge in [0.05, 0.1) is 7.11 Å². The topological polar surface area (TPSA) is 24.5 Å².